The molecule has 0 aliphatic carbocycles. The van der Waals surface area contributed by atoms with Gasteiger partial charge in [0.05, 0.1) is 22.0 Å². The summed E-state index contributed by atoms with van der Waals surface area (Å²) in [6.45, 7) is 6.53. The van der Waals surface area contributed by atoms with Crippen LogP contribution in [-0.4, -0.2) is 21.6 Å². The van der Waals surface area contributed by atoms with Crippen molar-refractivity contribution in [3.63, 3.8) is 0 Å². The first kappa shape index (κ1) is 11.7. The highest BCUT2D eigenvalue weighted by atomic mass is 32.2. The van der Waals surface area contributed by atoms with E-state index in [1.54, 1.807) is 6.26 Å². The van der Waals surface area contributed by atoms with Crippen LogP contribution in [0.1, 0.15) is 33.6 Å². The van der Waals surface area contributed by atoms with Crippen molar-refractivity contribution in [2.24, 2.45) is 0 Å². The smallest absolute Gasteiger partial charge is 0.111 e. The molecule has 0 unspecified atom stereocenters. The minimum atomic E-state index is -0.993. The Labute approximate surface area is 88.5 Å². The average Bonchev–Trinajstić information content (AvgIpc) is 2.14. The average molecular weight is 217 g/mol. The highest BCUT2D eigenvalue weighted by Gasteiger charge is 2.20. The number of nitrogens with one attached hydrogen (secondary N) is 1. The summed E-state index contributed by atoms with van der Waals surface area (Å²) in [4.78, 5) is 0. The van der Waals surface area contributed by atoms with E-state index in [-0.39, 0.29) is 10.9 Å². The second kappa shape index (κ2) is 4.94. The van der Waals surface area contributed by atoms with Crippen LogP contribution < -0.4 is 4.72 Å². The van der Waals surface area contributed by atoms with Gasteiger partial charge in [-0.3, -0.25) is 0 Å². The molecule has 82 valence electrons. The Kier molecular flexibility index (Phi) is 4.13. The summed E-state index contributed by atoms with van der Waals surface area (Å²) in [5, 5.41) is 0. The van der Waals surface area contributed by atoms with Gasteiger partial charge >= 0.3 is 0 Å². The Bertz CT molecular complexity index is 233. The molecule has 1 heterocycles. The molecular weight excluding hydrogens is 198 g/mol. The van der Waals surface area contributed by atoms with Crippen LogP contribution in [0.2, 0.25) is 0 Å². The zero-order valence-electron chi connectivity index (χ0n) is 9.08. The standard InChI is InChI=1S/C10H19NO2S/c1-10(2,3)14(12)11-8-9-6-4-5-7-13-9/h5,7,9,11H,4,6,8H2,1-3H3/t9-,14-/m0/s1. The second-order valence-corrected chi connectivity index (χ2v) is 6.49. The molecule has 2 atom stereocenters. The van der Waals surface area contributed by atoms with Crippen LogP contribution in [0.3, 0.4) is 0 Å². The van der Waals surface area contributed by atoms with E-state index in [4.69, 9.17) is 4.74 Å². The number of allylic oxidation sites excluding steroid dienone is 1. The SMILES string of the molecule is CC(C)(C)[S@](=O)NC[C@@H]1CCC=CO1. The molecule has 1 aliphatic rings. The molecule has 0 aromatic rings. The summed E-state index contributed by atoms with van der Waals surface area (Å²) in [5.74, 6) is 0. The van der Waals surface area contributed by atoms with Crippen LogP contribution in [0.5, 0.6) is 0 Å². The predicted molar refractivity (Wildman–Crippen MR) is 59.1 cm³/mol. The summed E-state index contributed by atoms with van der Waals surface area (Å²) in [6, 6.07) is 0. The maximum absolute atomic E-state index is 11.6. The summed E-state index contributed by atoms with van der Waals surface area (Å²) in [5.41, 5.74) is 0. The third-order valence-electron chi connectivity index (χ3n) is 2.02. The molecule has 0 fully saturated rings. The Morgan fingerprint density at radius 3 is 2.79 bits per heavy atom. The first-order chi connectivity index (χ1) is 6.50. The van der Waals surface area contributed by atoms with Crippen molar-refractivity contribution in [2.75, 3.05) is 6.54 Å². The molecule has 0 radical (unpaired) electrons. The van der Waals surface area contributed by atoms with E-state index in [9.17, 15) is 4.21 Å². The largest absolute Gasteiger partial charge is 0.497 e. The molecule has 1 aliphatic heterocycles. The molecule has 0 saturated heterocycles. The molecule has 0 aromatic carbocycles. The minimum absolute atomic E-state index is 0.172. The Morgan fingerprint density at radius 1 is 1.57 bits per heavy atom. The number of hydrogen-bond acceptors (Lipinski definition) is 2. The lowest BCUT2D eigenvalue weighted by molar-refractivity contribution is 0.128. The van der Waals surface area contributed by atoms with E-state index in [0.717, 1.165) is 12.8 Å². The Balaban J connectivity index is 2.26. The molecule has 3 nitrogen and oxygen atoms in total. The molecule has 4 heteroatoms. The van der Waals surface area contributed by atoms with Crippen LogP contribution in [0.15, 0.2) is 12.3 Å². The second-order valence-electron chi connectivity index (χ2n) is 4.44. The van der Waals surface area contributed by atoms with E-state index in [0.29, 0.717) is 6.54 Å². The zero-order valence-corrected chi connectivity index (χ0v) is 9.89. The first-order valence-electron chi connectivity index (χ1n) is 4.96. The van der Waals surface area contributed by atoms with E-state index in [1.807, 2.05) is 26.8 Å². The zero-order chi connectivity index (χ0) is 10.6. The fraction of sp³-hybridized carbons (Fsp3) is 0.800. The molecule has 0 amide bonds. The Morgan fingerprint density at radius 2 is 2.29 bits per heavy atom. The fourth-order valence-electron chi connectivity index (χ4n) is 1.12. The highest BCUT2D eigenvalue weighted by molar-refractivity contribution is 7.84. The Hall–Kier alpha value is -0.350. The summed E-state index contributed by atoms with van der Waals surface area (Å²) in [6.07, 6.45) is 5.97. The molecule has 14 heavy (non-hydrogen) atoms. The monoisotopic (exact) mass is 217 g/mol. The summed E-state index contributed by atoms with van der Waals surface area (Å²) in [7, 11) is -0.993. The first-order valence-corrected chi connectivity index (χ1v) is 6.11. The maximum atomic E-state index is 11.6. The number of rotatable bonds is 3. The van der Waals surface area contributed by atoms with Gasteiger partial charge in [-0.15, -0.1) is 0 Å². The highest BCUT2D eigenvalue weighted by Crippen LogP contribution is 2.12. The summed E-state index contributed by atoms with van der Waals surface area (Å²) < 4.78 is 19.8. The molecule has 1 N–H and O–H groups in total. The lowest BCUT2D eigenvalue weighted by Gasteiger charge is -2.23. The van der Waals surface area contributed by atoms with E-state index < -0.39 is 11.0 Å². The predicted octanol–water partition coefficient (Wildman–Crippen LogP) is 1.73. The summed E-state index contributed by atoms with van der Waals surface area (Å²) >= 11 is 0. The van der Waals surface area contributed by atoms with Crippen molar-refractivity contribution in [3.8, 4) is 0 Å². The lowest BCUT2D eigenvalue weighted by Crippen LogP contribution is -2.38. The normalized spacial score (nSPS) is 24.4. The fourth-order valence-corrected chi connectivity index (χ4v) is 1.89. The van der Waals surface area contributed by atoms with Crippen LogP contribution in [0.25, 0.3) is 0 Å². The van der Waals surface area contributed by atoms with Gasteiger partial charge in [0.25, 0.3) is 0 Å². The molecule has 0 bridgehead atoms. The van der Waals surface area contributed by atoms with Crippen LogP contribution in [-0.2, 0) is 15.7 Å². The van der Waals surface area contributed by atoms with Crippen LogP contribution in [0, 0.1) is 0 Å². The molecule has 0 spiro atoms. The third-order valence-corrected chi connectivity index (χ3v) is 3.56. The molecule has 0 saturated carbocycles. The van der Waals surface area contributed by atoms with Crippen molar-refractivity contribution in [2.45, 2.75) is 44.5 Å². The van der Waals surface area contributed by atoms with E-state index in [2.05, 4.69) is 4.72 Å². The van der Waals surface area contributed by atoms with Crippen LogP contribution >= 0.6 is 0 Å². The van der Waals surface area contributed by atoms with Gasteiger partial charge in [0.2, 0.25) is 0 Å². The van der Waals surface area contributed by atoms with Gasteiger partial charge in [-0.1, -0.05) is 0 Å². The van der Waals surface area contributed by atoms with Gasteiger partial charge in [-0.2, -0.15) is 0 Å². The van der Waals surface area contributed by atoms with Gasteiger partial charge in [-0.05, 0) is 39.7 Å². The topological polar surface area (TPSA) is 38.3 Å². The molecule has 1 rings (SSSR count). The molecular formula is C10H19NO2S. The van der Waals surface area contributed by atoms with Gasteiger partial charge in [-0.25, -0.2) is 8.93 Å². The third kappa shape index (κ3) is 3.80. The van der Waals surface area contributed by atoms with Gasteiger partial charge < -0.3 is 4.74 Å². The van der Waals surface area contributed by atoms with E-state index >= 15 is 0 Å². The van der Waals surface area contributed by atoms with Crippen molar-refractivity contribution in [3.05, 3.63) is 12.3 Å². The number of ether oxygens (including phenoxy) is 1. The molecule has 0 aromatic heterocycles. The maximum Gasteiger partial charge on any atom is 0.111 e. The lowest BCUT2D eigenvalue weighted by atomic mass is 10.2. The van der Waals surface area contributed by atoms with E-state index in [1.165, 1.54) is 0 Å². The number of hydrogen-bond donors (Lipinski definition) is 1. The van der Waals surface area contributed by atoms with Gasteiger partial charge in [0.1, 0.15) is 6.10 Å². The van der Waals surface area contributed by atoms with Crippen molar-refractivity contribution in [1.29, 1.82) is 0 Å². The minimum Gasteiger partial charge on any atom is -0.497 e. The van der Waals surface area contributed by atoms with Gasteiger partial charge in [0.15, 0.2) is 0 Å². The van der Waals surface area contributed by atoms with Crippen LogP contribution in [0.4, 0.5) is 0 Å². The van der Waals surface area contributed by atoms with Gasteiger partial charge in [0, 0.05) is 6.54 Å². The van der Waals surface area contributed by atoms with Crippen molar-refractivity contribution < 1.29 is 8.95 Å². The van der Waals surface area contributed by atoms with Crippen molar-refractivity contribution >= 4 is 11.0 Å². The van der Waals surface area contributed by atoms with Crippen molar-refractivity contribution in [1.82, 2.24) is 4.72 Å². The quantitative estimate of drug-likeness (QED) is 0.782.